The van der Waals surface area contributed by atoms with E-state index in [0.717, 1.165) is 18.4 Å². The van der Waals surface area contributed by atoms with Gasteiger partial charge in [-0.3, -0.25) is 0 Å². The van der Waals surface area contributed by atoms with Gasteiger partial charge in [0.1, 0.15) is 12.2 Å². The summed E-state index contributed by atoms with van der Waals surface area (Å²) in [5.74, 6) is 0. The molecule has 1 saturated heterocycles. The number of hydrogen-bond acceptors (Lipinski definition) is 4. The number of likely N-dealkylation sites (tertiary alicyclic amines) is 1. The summed E-state index contributed by atoms with van der Waals surface area (Å²) >= 11 is 0. The Labute approximate surface area is 156 Å². The van der Waals surface area contributed by atoms with E-state index in [0.29, 0.717) is 13.1 Å². The summed E-state index contributed by atoms with van der Waals surface area (Å²) in [6, 6.07) is 9.45. The molecule has 1 aliphatic rings. The Hall–Kier alpha value is -2.24. The molecule has 0 aliphatic carbocycles. The van der Waals surface area contributed by atoms with Crippen LogP contribution in [0, 0.1) is 0 Å². The monoisotopic (exact) mass is 364 g/mol. The smallest absolute Gasteiger partial charge is 0.410 e. The highest BCUT2D eigenvalue weighted by atomic mass is 16.6. The summed E-state index contributed by atoms with van der Waals surface area (Å²) in [7, 11) is 0. The van der Waals surface area contributed by atoms with E-state index in [1.807, 2.05) is 65.0 Å². The van der Waals surface area contributed by atoms with Crippen molar-refractivity contribution >= 4 is 12.2 Å². The molecule has 1 atom stereocenters. The third kappa shape index (κ3) is 8.23. The minimum Gasteiger partial charge on any atom is -0.445 e. The zero-order chi connectivity index (χ0) is 19.6. The maximum Gasteiger partial charge on any atom is 0.410 e. The fraction of sp³-hybridized carbons (Fsp3) is 0.600. The summed E-state index contributed by atoms with van der Waals surface area (Å²) in [5, 5.41) is 2.82. The molecule has 1 fully saturated rings. The molecule has 0 radical (unpaired) electrons. The van der Waals surface area contributed by atoms with E-state index >= 15 is 0 Å². The van der Waals surface area contributed by atoms with Crippen LogP contribution in [0.5, 0.6) is 0 Å². The molecule has 0 aromatic heterocycles. The molecule has 0 saturated carbocycles. The molecule has 2 rings (SSSR count). The van der Waals surface area contributed by atoms with Crippen molar-refractivity contribution < 1.29 is 19.1 Å². The van der Waals surface area contributed by atoms with Gasteiger partial charge < -0.3 is 19.7 Å². The second-order valence-corrected chi connectivity index (χ2v) is 6.97. The summed E-state index contributed by atoms with van der Waals surface area (Å²) in [6.07, 6.45) is 0.837. The van der Waals surface area contributed by atoms with Crippen LogP contribution in [0.15, 0.2) is 30.3 Å². The Morgan fingerprint density at radius 2 is 1.85 bits per heavy atom. The van der Waals surface area contributed by atoms with Gasteiger partial charge in [-0.2, -0.15) is 0 Å². The molecule has 26 heavy (non-hydrogen) atoms. The van der Waals surface area contributed by atoms with Crippen LogP contribution >= 0.6 is 0 Å². The highest BCUT2D eigenvalue weighted by molar-refractivity contribution is 5.69. The Kier molecular flexibility index (Phi) is 8.96. The van der Waals surface area contributed by atoms with Crippen molar-refractivity contribution in [3.8, 4) is 0 Å². The zero-order valence-corrected chi connectivity index (χ0v) is 16.6. The second-order valence-electron chi connectivity index (χ2n) is 6.97. The fourth-order valence-electron chi connectivity index (χ4n) is 2.55. The summed E-state index contributed by atoms with van der Waals surface area (Å²) in [6.45, 7) is 10.8. The predicted octanol–water partition coefficient (Wildman–Crippen LogP) is 4.34. The molecule has 146 valence electrons. The van der Waals surface area contributed by atoms with Crippen LogP contribution in [-0.2, 0) is 16.1 Å². The normalized spacial score (nSPS) is 16.8. The first-order valence-corrected chi connectivity index (χ1v) is 9.28. The van der Waals surface area contributed by atoms with E-state index in [4.69, 9.17) is 9.47 Å². The maximum absolute atomic E-state index is 12.2. The van der Waals surface area contributed by atoms with Crippen LogP contribution in [0.3, 0.4) is 0 Å². The summed E-state index contributed by atoms with van der Waals surface area (Å²) in [4.78, 5) is 25.7. The van der Waals surface area contributed by atoms with E-state index in [-0.39, 0.29) is 18.7 Å². The first kappa shape index (κ1) is 21.8. The number of ether oxygens (including phenoxy) is 2. The van der Waals surface area contributed by atoms with E-state index in [1.54, 1.807) is 4.90 Å². The molecule has 6 nitrogen and oxygen atoms in total. The van der Waals surface area contributed by atoms with Gasteiger partial charge in [-0.05, 0) is 39.2 Å². The Morgan fingerprint density at radius 3 is 2.46 bits per heavy atom. The second kappa shape index (κ2) is 10.7. The first-order valence-electron chi connectivity index (χ1n) is 9.28. The van der Waals surface area contributed by atoms with Gasteiger partial charge in [0.25, 0.3) is 0 Å². The highest BCUT2D eigenvalue weighted by Crippen LogP contribution is 2.14. The average molecular weight is 364 g/mol. The number of rotatable bonds is 3. The number of amides is 2. The lowest BCUT2D eigenvalue weighted by molar-refractivity contribution is 0.0450. The van der Waals surface area contributed by atoms with E-state index in [1.165, 1.54) is 0 Å². The number of nitrogens with one attached hydrogen (secondary N) is 1. The van der Waals surface area contributed by atoms with Crippen molar-refractivity contribution in [2.75, 3.05) is 13.1 Å². The van der Waals surface area contributed by atoms with Gasteiger partial charge in [0.2, 0.25) is 0 Å². The Bertz CT molecular complexity index is 555. The SMILES string of the molecule is CC.CC(C)(C)OC(=O)NC1CCCN(C(=O)OCc2ccccc2)C1. The Balaban J connectivity index is 0.00000163. The molecular weight excluding hydrogens is 332 g/mol. The number of carbonyl (C=O) groups is 2. The number of alkyl carbamates (subject to hydrolysis) is 1. The lowest BCUT2D eigenvalue weighted by Gasteiger charge is -2.33. The zero-order valence-electron chi connectivity index (χ0n) is 16.6. The van der Waals surface area contributed by atoms with Crippen LogP contribution in [0.1, 0.15) is 53.0 Å². The number of nitrogens with zero attached hydrogens (tertiary/aromatic N) is 1. The fourth-order valence-corrected chi connectivity index (χ4v) is 2.55. The van der Waals surface area contributed by atoms with Crippen molar-refractivity contribution in [1.29, 1.82) is 0 Å². The molecule has 1 aromatic rings. The predicted molar refractivity (Wildman–Crippen MR) is 102 cm³/mol. The molecular formula is C20H32N2O4. The standard InChI is InChI=1S/C18H26N2O4.C2H6/c1-18(2,3)24-16(21)19-15-10-7-11-20(12-15)17(22)23-13-14-8-5-4-6-9-14;1-2/h4-6,8-9,15H,7,10-13H2,1-3H3,(H,19,21);1-2H3. The van der Waals surface area contributed by atoms with Gasteiger partial charge in [-0.1, -0.05) is 44.2 Å². The van der Waals surface area contributed by atoms with Crippen molar-refractivity contribution in [1.82, 2.24) is 10.2 Å². The summed E-state index contributed by atoms with van der Waals surface area (Å²) < 4.78 is 10.6. The number of piperidine rings is 1. The van der Waals surface area contributed by atoms with Gasteiger partial charge >= 0.3 is 12.2 Å². The van der Waals surface area contributed by atoms with Gasteiger partial charge in [0.05, 0.1) is 0 Å². The lowest BCUT2D eigenvalue weighted by Crippen LogP contribution is -2.50. The lowest BCUT2D eigenvalue weighted by atomic mass is 10.1. The van der Waals surface area contributed by atoms with Crippen LogP contribution in [-0.4, -0.2) is 41.8 Å². The molecule has 0 spiro atoms. The molecule has 1 aliphatic heterocycles. The maximum atomic E-state index is 12.2. The molecule has 1 heterocycles. The highest BCUT2D eigenvalue weighted by Gasteiger charge is 2.27. The largest absolute Gasteiger partial charge is 0.445 e. The van der Waals surface area contributed by atoms with Gasteiger partial charge in [-0.25, -0.2) is 9.59 Å². The first-order chi connectivity index (χ1) is 12.3. The third-order valence-corrected chi connectivity index (χ3v) is 3.61. The topological polar surface area (TPSA) is 67.9 Å². The van der Waals surface area contributed by atoms with Crippen LogP contribution in [0.4, 0.5) is 9.59 Å². The molecule has 1 N–H and O–H groups in total. The van der Waals surface area contributed by atoms with Crippen molar-refractivity contribution in [3.05, 3.63) is 35.9 Å². The quantitative estimate of drug-likeness (QED) is 0.866. The number of benzene rings is 1. The van der Waals surface area contributed by atoms with Crippen LogP contribution in [0.25, 0.3) is 0 Å². The van der Waals surface area contributed by atoms with E-state index < -0.39 is 11.7 Å². The van der Waals surface area contributed by atoms with Crippen molar-refractivity contribution in [3.63, 3.8) is 0 Å². The van der Waals surface area contributed by atoms with Gasteiger partial charge in [0.15, 0.2) is 0 Å². The number of hydrogen-bond donors (Lipinski definition) is 1. The van der Waals surface area contributed by atoms with Gasteiger partial charge in [0, 0.05) is 19.1 Å². The average Bonchev–Trinajstić information content (AvgIpc) is 2.61. The van der Waals surface area contributed by atoms with Crippen molar-refractivity contribution in [2.24, 2.45) is 0 Å². The van der Waals surface area contributed by atoms with Crippen molar-refractivity contribution in [2.45, 2.75) is 65.7 Å². The van der Waals surface area contributed by atoms with Gasteiger partial charge in [-0.15, -0.1) is 0 Å². The molecule has 6 heteroatoms. The van der Waals surface area contributed by atoms with Crippen LogP contribution < -0.4 is 5.32 Å². The third-order valence-electron chi connectivity index (χ3n) is 3.61. The molecule has 1 unspecified atom stereocenters. The molecule has 1 aromatic carbocycles. The molecule has 0 bridgehead atoms. The van der Waals surface area contributed by atoms with E-state index in [2.05, 4.69) is 5.32 Å². The summed E-state index contributed by atoms with van der Waals surface area (Å²) in [5.41, 5.74) is 0.416. The van der Waals surface area contributed by atoms with Crippen LogP contribution in [0.2, 0.25) is 0 Å². The Morgan fingerprint density at radius 1 is 1.19 bits per heavy atom. The van der Waals surface area contributed by atoms with E-state index in [9.17, 15) is 9.59 Å². The minimum atomic E-state index is -0.535. The minimum absolute atomic E-state index is 0.113. The molecule has 2 amide bonds. The number of carbonyl (C=O) groups excluding carboxylic acids is 2.